The lowest BCUT2D eigenvalue weighted by Crippen LogP contribution is -2.44. The standard InChI is InChI=1S/C14H26N6O/c1-10-5-4-7-20(11(10)6-8-21)9-12-16-13(15)18-14(17-12)19(2)3/h10-11,21H,4-9H2,1-3H3,(H2,15,16,17,18)/t10-,11-/m1/s1. The quantitative estimate of drug-likeness (QED) is 0.817. The van der Waals surface area contributed by atoms with Gasteiger partial charge in [-0.05, 0) is 31.7 Å². The zero-order chi connectivity index (χ0) is 15.4. The highest BCUT2D eigenvalue weighted by atomic mass is 16.3. The molecule has 0 unspecified atom stereocenters. The maximum Gasteiger partial charge on any atom is 0.229 e. The van der Waals surface area contributed by atoms with Gasteiger partial charge in [-0.2, -0.15) is 15.0 Å². The van der Waals surface area contributed by atoms with E-state index in [1.54, 1.807) is 0 Å². The monoisotopic (exact) mass is 294 g/mol. The van der Waals surface area contributed by atoms with Crippen LogP contribution in [0.5, 0.6) is 0 Å². The Morgan fingerprint density at radius 1 is 1.33 bits per heavy atom. The third-order valence-electron chi connectivity index (χ3n) is 4.09. The average Bonchev–Trinajstić information content (AvgIpc) is 2.42. The number of anilines is 2. The van der Waals surface area contributed by atoms with E-state index in [1.807, 2.05) is 19.0 Å². The van der Waals surface area contributed by atoms with Gasteiger partial charge in [0.05, 0.1) is 6.54 Å². The number of likely N-dealkylation sites (tertiary alicyclic amines) is 1. The molecule has 7 heteroatoms. The first-order valence-corrected chi connectivity index (χ1v) is 7.54. The molecule has 118 valence electrons. The van der Waals surface area contributed by atoms with Gasteiger partial charge in [0.1, 0.15) is 5.82 Å². The summed E-state index contributed by atoms with van der Waals surface area (Å²) in [7, 11) is 3.77. The topological polar surface area (TPSA) is 91.4 Å². The molecule has 1 fully saturated rings. The Labute approximate surface area is 126 Å². The van der Waals surface area contributed by atoms with Crippen molar-refractivity contribution in [2.24, 2.45) is 5.92 Å². The number of piperidine rings is 1. The lowest BCUT2D eigenvalue weighted by Gasteiger charge is -2.39. The van der Waals surface area contributed by atoms with Crippen LogP contribution in [0.4, 0.5) is 11.9 Å². The van der Waals surface area contributed by atoms with Gasteiger partial charge >= 0.3 is 0 Å². The average molecular weight is 294 g/mol. The molecule has 1 aliphatic heterocycles. The molecule has 0 bridgehead atoms. The summed E-state index contributed by atoms with van der Waals surface area (Å²) in [6, 6.07) is 0.379. The van der Waals surface area contributed by atoms with Crippen molar-refractivity contribution >= 4 is 11.9 Å². The van der Waals surface area contributed by atoms with E-state index in [1.165, 1.54) is 12.8 Å². The fraction of sp³-hybridized carbons (Fsp3) is 0.786. The highest BCUT2D eigenvalue weighted by Gasteiger charge is 2.28. The van der Waals surface area contributed by atoms with E-state index in [4.69, 9.17) is 5.73 Å². The molecule has 1 aliphatic rings. The van der Waals surface area contributed by atoms with Crippen molar-refractivity contribution in [2.45, 2.75) is 38.8 Å². The summed E-state index contributed by atoms with van der Waals surface area (Å²) in [5, 5.41) is 9.29. The summed E-state index contributed by atoms with van der Waals surface area (Å²) in [5.41, 5.74) is 5.78. The van der Waals surface area contributed by atoms with E-state index in [0.717, 1.165) is 13.0 Å². The molecular weight excluding hydrogens is 268 g/mol. The summed E-state index contributed by atoms with van der Waals surface area (Å²) in [6.07, 6.45) is 3.18. The molecule has 1 saturated heterocycles. The minimum atomic E-state index is 0.216. The number of aromatic nitrogens is 3. The molecule has 0 radical (unpaired) electrons. The van der Waals surface area contributed by atoms with Gasteiger partial charge in [0.15, 0.2) is 0 Å². The van der Waals surface area contributed by atoms with Gasteiger partial charge in [-0.1, -0.05) is 6.92 Å². The van der Waals surface area contributed by atoms with E-state index >= 15 is 0 Å². The van der Waals surface area contributed by atoms with E-state index in [2.05, 4.69) is 26.8 Å². The van der Waals surface area contributed by atoms with Crippen molar-refractivity contribution < 1.29 is 5.11 Å². The van der Waals surface area contributed by atoms with Crippen LogP contribution in [0.25, 0.3) is 0 Å². The lowest BCUT2D eigenvalue weighted by molar-refractivity contribution is 0.0699. The van der Waals surface area contributed by atoms with Gasteiger partial charge < -0.3 is 15.7 Å². The zero-order valence-electron chi connectivity index (χ0n) is 13.2. The smallest absolute Gasteiger partial charge is 0.229 e. The van der Waals surface area contributed by atoms with E-state index in [0.29, 0.717) is 30.3 Å². The molecule has 0 saturated carbocycles. The van der Waals surface area contributed by atoms with Gasteiger partial charge in [0.25, 0.3) is 0 Å². The molecule has 3 N–H and O–H groups in total. The number of hydrogen-bond acceptors (Lipinski definition) is 7. The maximum atomic E-state index is 9.29. The second kappa shape index (κ2) is 7.00. The van der Waals surface area contributed by atoms with Crippen molar-refractivity contribution in [3.8, 4) is 0 Å². The number of aliphatic hydroxyl groups excluding tert-OH is 1. The first-order valence-electron chi connectivity index (χ1n) is 7.54. The molecule has 2 atom stereocenters. The van der Waals surface area contributed by atoms with Crippen LogP contribution in [0.15, 0.2) is 0 Å². The second-order valence-corrected chi connectivity index (χ2v) is 5.97. The maximum absolute atomic E-state index is 9.29. The third-order valence-corrected chi connectivity index (χ3v) is 4.09. The predicted molar refractivity (Wildman–Crippen MR) is 82.9 cm³/mol. The van der Waals surface area contributed by atoms with Crippen molar-refractivity contribution in [1.82, 2.24) is 19.9 Å². The Bertz CT molecular complexity index is 467. The van der Waals surface area contributed by atoms with Gasteiger partial charge in [-0.25, -0.2) is 0 Å². The first-order chi connectivity index (χ1) is 10.0. The summed E-state index contributed by atoms with van der Waals surface area (Å²) in [6.45, 7) is 4.13. The van der Waals surface area contributed by atoms with Crippen LogP contribution in [0.1, 0.15) is 32.0 Å². The van der Waals surface area contributed by atoms with Crippen LogP contribution >= 0.6 is 0 Å². The molecule has 7 nitrogen and oxygen atoms in total. The summed E-state index contributed by atoms with van der Waals surface area (Å²) >= 11 is 0. The number of hydrogen-bond donors (Lipinski definition) is 2. The summed E-state index contributed by atoms with van der Waals surface area (Å²) in [5.74, 6) is 2.12. The number of nitrogen functional groups attached to an aromatic ring is 1. The SMILES string of the molecule is C[C@@H]1CCCN(Cc2nc(N)nc(N(C)C)n2)[C@@H]1CCO. The highest BCUT2D eigenvalue weighted by Crippen LogP contribution is 2.26. The molecule has 2 rings (SSSR count). The predicted octanol–water partition coefficient (Wildman–Crippen LogP) is 0.503. The molecule has 0 spiro atoms. The van der Waals surface area contributed by atoms with Crippen LogP contribution in [-0.4, -0.2) is 58.2 Å². The minimum absolute atomic E-state index is 0.216. The first kappa shape index (κ1) is 15.9. The largest absolute Gasteiger partial charge is 0.396 e. The Morgan fingerprint density at radius 2 is 2.10 bits per heavy atom. The Balaban J connectivity index is 2.15. The fourth-order valence-corrected chi connectivity index (χ4v) is 3.01. The number of aliphatic hydroxyl groups is 1. The Kier molecular flexibility index (Phi) is 5.30. The van der Waals surface area contributed by atoms with Gasteiger partial charge in [0.2, 0.25) is 11.9 Å². The normalized spacial score (nSPS) is 23.2. The molecule has 1 aromatic heterocycles. The van der Waals surface area contributed by atoms with Gasteiger partial charge in [-0.3, -0.25) is 4.90 Å². The second-order valence-electron chi connectivity index (χ2n) is 5.97. The number of nitrogens with zero attached hydrogens (tertiary/aromatic N) is 5. The van der Waals surface area contributed by atoms with Gasteiger partial charge in [-0.15, -0.1) is 0 Å². The Hall–Kier alpha value is -1.47. The Morgan fingerprint density at radius 3 is 2.76 bits per heavy atom. The lowest BCUT2D eigenvalue weighted by atomic mass is 9.89. The van der Waals surface area contributed by atoms with Gasteiger partial charge in [0, 0.05) is 26.7 Å². The zero-order valence-corrected chi connectivity index (χ0v) is 13.2. The molecule has 0 aromatic carbocycles. The van der Waals surface area contributed by atoms with E-state index in [-0.39, 0.29) is 12.6 Å². The van der Waals surface area contributed by atoms with Crippen LogP contribution in [0, 0.1) is 5.92 Å². The number of nitrogens with two attached hydrogens (primary N) is 1. The third kappa shape index (κ3) is 4.01. The number of rotatable bonds is 5. The van der Waals surface area contributed by atoms with Crippen LogP contribution in [-0.2, 0) is 6.54 Å². The minimum Gasteiger partial charge on any atom is -0.396 e. The van der Waals surface area contributed by atoms with Crippen LogP contribution in [0.3, 0.4) is 0 Å². The van der Waals surface area contributed by atoms with Crippen molar-refractivity contribution in [2.75, 3.05) is 37.9 Å². The highest BCUT2D eigenvalue weighted by molar-refractivity contribution is 5.32. The van der Waals surface area contributed by atoms with Crippen LogP contribution in [0.2, 0.25) is 0 Å². The summed E-state index contributed by atoms with van der Waals surface area (Å²) < 4.78 is 0. The van der Waals surface area contributed by atoms with Crippen molar-refractivity contribution in [1.29, 1.82) is 0 Å². The molecular formula is C14H26N6O. The van der Waals surface area contributed by atoms with Crippen molar-refractivity contribution in [3.63, 3.8) is 0 Å². The molecule has 1 aromatic rings. The molecule has 0 aliphatic carbocycles. The van der Waals surface area contributed by atoms with Crippen molar-refractivity contribution in [3.05, 3.63) is 5.82 Å². The van der Waals surface area contributed by atoms with E-state index < -0.39 is 0 Å². The molecule has 21 heavy (non-hydrogen) atoms. The fourth-order valence-electron chi connectivity index (χ4n) is 3.01. The van der Waals surface area contributed by atoms with Crippen LogP contribution < -0.4 is 10.6 Å². The molecule has 0 amide bonds. The van der Waals surface area contributed by atoms with E-state index in [9.17, 15) is 5.11 Å². The summed E-state index contributed by atoms with van der Waals surface area (Å²) in [4.78, 5) is 17.0. The molecule has 2 heterocycles.